The Balaban J connectivity index is 1.80. The summed E-state index contributed by atoms with van der Waals surface area (Å²) in [5.74, 6) is -1.31. The fraction of sp³-hybridized carbons (Fsp3) is 0.714. The lowest BCUT2D eigenvalue weighted by molar-refractivity contribution is -0.151. The van der Waals surface area contributed by atoms with E-state index in [9.17, 15) is 9.59 Å². The number of rotatable bonds is 6. The van der Waals surface area contributed by atoms with Crippen LogP contribution in [0.15, 0.2) is 11.5 Å². The van der Waals surface area contributed by atoms with Crippen molar-refractivity contribution in [2.75, 3.05) is 13.2 Å². The van der Waals surface area contributed by atoms with Crippen LogP contribution < -0.4 is 5.73 Å². The van der Waals surface area contributed by atoms with Gasteiger partial charge in [0.25, 0.3) is 0 Å². The predicted molar refractivity (Wildman–Crippen MR) is 81.3 cm³/mol. The molecule has 0 aliphatic heterocycles. The van der Waals surface area contributed by atoms with Gasteiger partial charge in [-0.25, -0.2) is 4.98 Å². The molecule has 3 rings (SSSR count). The van der Waals surface area contributed by atoms with Crippen molar-refractivity contribution in [2.45, 2.75) is 36.2 Å². The molecule has 1 heterocycles. The van der Waals surface area contributed by atoms with E-state index in [1.54, 1.807) is 13.8 Å². The Labute approximate surface area is 137 Å². The lowest BCUT2D eigenvalue weighted by Crippen LogP contribution is -2.51. The molecule has 2 saturated carbocycles. The fourth-order valence-corrected chi connectivity index (χ4v) is 4.96. The second kappa shape index (κ2) is 6.12. The van der Waals surface area contributed by atoms with Gasteiger partial charge in [0.05, 0.1) is 19.1 Å². The second-order valence-corrected chi connectivity index (χ2v) is 7.02. The number of nitrogens with two attached hydrogens (primary N) is 1. The highest BCUT2D eigenvalue weighted by molar-refractivity contribution is 7.99. The Bertz CT molecular complexity index is 596. The van der Waals surface area contributed by atoms with Crippen molar-refractivity contribution in [1.29, 1.82) is 0 Å². The molecule has 0 radical (unpaired) electrons. The highest BCUT2D eigenvalue weighted by Crippen LogP contribution is 2.65. The van der Waals surface area contributed by atoms with E-state index in [1.165, 1.54) is 18.1 Å². The van der Waals surface area contributed by atoms with Gasteiger partial charge in [0, 0.05) is 11.2 Å². The molecule has 23 heavy (non-hydrogen) atoms. The molecule has 1 aromatic rings. The average Bonchev–Trinajstić information content (AvgIpc) is 2.94. The minimum atomic E-state index is -1.14. The van der Waals surface area contributed by atoms with Crippen LogP contribution in [0.4, 0.5) is 0 Å². The van der Waals surface area contributed by atoms with Crippen molar-refractivity contribution < 1.29 is 19.1 Å². The average molecular weight is 340 g/mol. The maximum Gasteiger partial charge on any atom is 0.326 e. The minimum Gasteiger partial charge on any atom is -0.466 e. The molecule has 5 atom stereocenters. The number of fused-ring (bicyclic) bond motifs is 1. The van der Waals surface area contributed by atoms with Gasteiger partial charge >= 0.3 is 11.9 Å². The standard InChI is InChI=1S/C14H20N4O4S/c1-3-21-11(19)9-8-7(23-13-16-6-17-18-13)5-14(15,10(8)9)12(20)22-4-2/h6-10H,3-5,15H2,1-2H3,(H,16,17,18)/t7-,8-,9-,10-,14-/m0/s1. The van der Waals surface area contributed by atoms with E-state index in [1.807, 2.05) is 0 Å². The molecule has 2 aliphatic rings. The number of nitrogens with zero attached hydrogens (tertiary/aromatic N) is 2. The number of nitrogens with one attached hydrogen (secondary N) is 1. The number of hydrogen-bond acceptors (Lipinski definition) is 8. The van der Waals surface area contributed by atoms with Crippen LogP contribution in [-0.2, 0) is 19.1 Å². The third-order valence-corrected chi connectivity index (χ3v) is 5.71. The first-order valence-electron chi connectivity index (χ1n) is 7.67. The number of aromatic amines is 1. The van der Waals surface area contributed by atoms with Gasteiger partial charge in [0.2, 0.25) is 0 Å². The summed E-state index contributed by atoms with van der Waals surface area (Å²) >= 11 is 1.46. The van der Waals surface area contributed by atoms with E-state index in [0.717, 1.165) is 0 Å². The van der Waals surface area contributed by atoms with Gasteiger partial charge in [-0.05, 0) is 26.2 Å². The molecule has 2 aliphatic carbocycles. The van der Waals surface area contributed by atoms with Gasteiger partial charge in [-0.3, -0.25) is 14.7 Å². The van der Waals surface area contributed by atoms with Crippen molar-refractivity contribution in [3.63, 3.8) is 0 Å². The maximum atomic E-state index is 12.3. The first kappa shape index (κ1) is 16.3. The molecule has 0 spiro atoms. The quantitative estimate of drug-likeness (QED) is 0.712. The van der Waals surface area contributed by atoms with Crippen molar-refractivity contribution >= 4 is 23.7 Å². The molecule has 0 aromatic carbocycles. The molecule has 9 heteroatoms. The lowest BCUT2D eigenvalue weighted by Gasteiger charge is -2.26. The molecular formula is C14H20N4O4S. The number of carbonyl (C=O) groups is 2. The first-order valence-corrected chi connectivity index (χ1v) is 8.55. The highest BCUT2D eigenvalue weighted by atomic mass is 32.2. The van der Waals surface area contributed by atoms with Crippen LogP contribution in [0.25, 0.3) is 0 Å². The summed E-state index contributed by atoms with van der Waals surface area (Å²) in [7, 11) is 0. The molecule has 8 nitrogen and oxygen atoms in total. The highest BCUT2D eigenvalue weighted by Gasteiger charge is 2.74. The number of aromatic nitrogens is 3. The number of carbonyl (C=O) groups excluding carboxylic acids is 2. The van der Waals surface area contributed by atoms with Crippen molar-refractivity contribution in [1.82, 2.24) is 15.2 Å². The van der Waals surface area contributed by atoms with Crippen LogP contribution in [0.2, 0.25) is 0 Å². The smallest absolute Gasteiger partial charge is 0.326 e. The zero-order valence-corrected chi connectivity index (χ0v) is 13.8. The SMILES string of the molecule is CCOC(=O)[C@H]1[C@H]2[C@@H]1[C@](N)(C(=O)OCC)C[C@@H]2Sc1ncn[nH]1. The predicted octanol–water partition coefficient (Wildman–Crippen LogP) is 0.355. The zero-order valence-electron chi connectivity index (χ0n) is 13.0. The van der Waals surface area contributed by atoms with Crippen LogP contribution in [-0.4, -0.2) is 51.1 Å². The van der Waals surface area contributed by atoms with Gasteiger partial charge in [-0.2, -0.15) is 5.10 Å². The molecule has 3 N–H and O–H groups in total. The van der Waals surface area contributed by atoms with Crippen LogP contribution in [0.5, 0.6) is 0 Å². The molecule has 0 amide bonds. The van der Waals surface area contributed by atoms with Crippen molar-refractivity contribution in [2.24, 2.45) is 23.5 Å². The number of esters is 2. The van der Waals surface area contributed by atoms with E-state index in [-0.39, 0.29) is 35.6 Å². The Morgan fingerprint density at radius 1 is 1.43 bits per heavy atom. The largest absolute Gasteiger partial charge is 0.466 e. The summed E-state index contributed by atoms with van der Waals surface area (Å²) in [6.45, 7) is 4.08. The molecule has 0 bridgehead atoms. The summed E-state index contributed by atoms with van der Waals surface area (Å²) in [6, 6.07) is 0. The summed E-state index contributed by atoms with van der Waals surface area (Å²) in [5, 5.41) is 7.25. The van der Waals surface area contributed by atoms with Gasteiger partial charge in [0.15, 0.2) is 5.16 Å². The molecule has 0 saturated heterocycles. The van der Waals surface area contributed by atoms with Crippen LogP contribution in [0, 0.1) is 17.8 Å². The van der Waals surface area contributed by atoms with Gasteiger partial charge in [0.1, 0.15) is 11.9 Å². The summed E-state index contributed by atoms with van der Waals surface area (Å²) in [5.41, 5.74) is 5.23. The van der Waals surface area contributed by atoms with Crippen molar-refractivity contribution in [3.8, 4) is 0 Å². The molecule has 2 fully saturated rings. The molecule has 1 aromatic heterocycles. The molecular weight excluding hydrogens is 320 g/mol. The Hall–Kier alpha value is -1.61. The minimum absolute atomic E-state index is 0.00134. The van der Waals surface area contributed by atoms with E-state index in [2.05, 4.69) is 15.2 Å². The van der Waals surface area contributed by atoms with Gasteiger partial charge in [-0.15, -0.1) is 0 Å². The third-order valence-electron chi connectivity index (χ3n) is 4.51. The number of ether oxygens (including phenoxy) is 2. The molecule has 126 valence electrons. The van der Waals surface area contributed by atoms with E-state index >= 15 is 0 Å². The topological polar surface area (TPSA) is 120 Å². The van der Waals surface area contributed by atoms with Crippen LogP contribution in [0.3, 0.4) is 0 Å². The van der Waals surface area contributed by atoms with Gasteiger partial charge in [-0.1, -0.05) is 11.8 Å². The lowest BCUT2D eigenvalue weighted by atomic mass is 9.91. The number of thioether (sulfide) groups is 1. The maximum absolute atomic E-state index is 12.3. The van der Waals surface area contributed by atoms with Crippen molar-refractivity contribution in [3.05, 3.63) is 6.33 Å². The van der Waals surface area contributed by atoms with Crippen LogP contribution >= 0.6 is 11.8 Å². The Kier molecular flexibility index (Phi) is 4.33. The Morgan fingerprint density at radius 3 is 2.78 bits per heavy atom. The fourth-order valence-electron chi connectivity index (χ4n) is 3.61. The number of H-pyrrole nitrogens is 1. The van der Waals surface area contributed by atoms with E-state index in [4.69, 9.17) is 15.2 Å². The van der Waals surface area contributed by atoms with E-state index < -0.39 is 11.5 Å². The van der Waals surface area contributed by atoms with Crippen LogP contribution in [0.1, 0.15) is 20.3 Å². The monoisotopic (exact) mass is 340 g/mol. The zero-order chi connectivity index (χ0) is 16.6. The first-order chi connectivity index (χ1) is 11.0. The van der Waals surface area contributed by atoms with Gasteiger partial charge < -0.3 is 15.2 Å². The third kappa shape index (κ3) is 2.72. The Morgan fingerprint density at radius 2 is 2.17 bits per heavy atom. The summed E-state index contributed by atoms with van der Waals surface area (Å²) < 4.78 is 10.3. The normalized spacial score (nSPS) is 34.7. The summed E-state index contributed by atoms with van der Waals surface area (Å²) in [6.07, 6.45) is 1.87. The summed E-state index contributed by atoms with van der Waals surface area (Å²) in [4.78, 5) is 28.6. The van der Waals surface area contributed by atoms with E-state index in [0.29, 0.717) is 18.2 Å². The number of hydrogen-bond donors (Lipinski definition) is 2. The second-order valence-electron chi connectivity index (χ2n) is 5.79. The molecule has 0 unspecified atom stereocenters.